The van der Waals surface area contributed by atoms with Gasteiger partial charge in [0, 0.05) is 19.3 Å². The lowest BCUT2D eigenvalue weighted by Crippen LogP contribution is -2.33. The maximum Gasteiger partial charge on any atom is 0.410 e. The zero-order valence-electron chi connectivity index (χ0n) is 18.7. The second-order valence-corrected chi connectivity index (χ2v) is 9.74. The summed E-state index contributed by atoms with van der Waals surface area (Å²) in [6.07, 6.45) is -0.406. The van der Waals surface area contributed by atoms with Crippen molar-refractivity contribution in [3.63, 3.8) is 0 Å². The maximum atomic E-state index is 13.0. The highest BCUT2D eigenvalue weighted by atomic mass is 32.1. The Morgan fingerprint density at radius 1 is 1.31 bits per heavy atom. The first-order chi connectivity index (χ1) is 15.0. The van der Waals surface area contributed by atoms with Gasteiger partial charge in [-0.3, -0.25) is 14.5 Å². The molecule has 32 heavy (non-hydrogen) atoms. The number of rotatable bonds is 6. The van der Waals surface area contributed by atoms with E-state index in [1.165, 1.54) is 16.2 Å². The van der Waals surface area contributed by atoms with Crippen molar-refractivity contribution in [2.75, 3.05) is 12.4 Å². The quantitative estimate of drug-likeness (QED) is 0.478. The Bertz CT molecular complexity index is 1150. The van der Waals surface area contributed by atoms with E-state index >= 15 is 0 Å². The summed E-state index contributed by atoms with van der Waals surface area (Å²) in [5, 5.41) is 11.9. The fourth-order valence-electron chi connectivity index (χ4n) is 3.03. The van der Waals surface area contributed by atoms with Crippen molar-refractivity contribution < 1.29 is 14.3 Å². The van der Waals surface area contributed by atoms with Gasteiger partial charge >= 0.3 is 6.09 Å². The number of carbonyl (C=O) groups is 2. The van der Waals surface area contributed by atoms with E-state index in [9.17, 15) is 9.59 Å². The van der Waals surface area contributed by atoms with Crippen molar-refractivity contribution in [3.8, 4) is 10.7 Å². The summed E-state index contributed by atoms with van der Waals surface area (Å²) < 4.78 is 7.47. The van der Waals surface area contributed by atoms with Crippen LogP contribution >= 0.6 is 23.6 Å². The molecule has 0 saturated carbocycles. The van der Waals surface area contributed by atoms with Crippen molar-refractivity contribution in [1.29, 1.82) is 0 Å². The number of hydrogen-bond donors (Lipinski definition) is 2. The summed E-state index contributed by atoms with van der Waals surface area (Å²) in [5.41, 5.74) is 0.931. The molecular weight excluding hydrogens is 446 g/mol. The van der Waals surface area contributed by atoms with Gasteiger partial charge in [0.2, 0.25) is 5.91 Å². The first-order valence-electron chi connectivity index (χ1n) is 10.1. The van der Waals surface area contributed by atoms with E-state index in [4.69, 9.17) is 17.0 Å². The molecule has 0 aliphatic heterocycles. The van der Waals surface area contributed by atoms with Crippen LogP contribution in [0.1, 0.15) is 39.3 Å². The molecule has 3 aromatic rings. The van der Waals surface area contributed by atoms with Crippen LogP contribution in [0.4, 0.5) is 10.5 Å². The van der Waals surface area contributed by atoms with E-state index in [0.717, 1.165) is 10.4 Å². The Hall–Kier alpha value is -2.98. The van der Waals surface area contributed by atoms with Crippen LogP contribution in [0.3, 0.4) is 0 Å². The zero-order valence-corrected chi connectivity index (χ0v) is 20.3. The third kappa shape index (κ3) is 5.83. The van der Waals surface area contributed by atoms with Crippen LogP contribution in [0.15, 0.2) is 41.8 Å². The summed E-state index contributed by atoms with van der Waals surface area (Å²) in [5.74, 6) is 0.401. The Morgan fingerprint density at radius 3 is 2.72 bits per heavy atom. The van der Waals surface area contributed by atoms with Gasteiger partial charge in [-0.05, 0) is 69.1 Å². The van der Waals surface area contributed by atoms with Gasteiger partial charge in [-0.25, -0.2) is 4.79 Å². The fourth-order valence-corrected chi connectivity index (χ4v) is 4.03. The monoisotopic (exact) mass is 473 g/mol. The van der Waals surface area contributed by atoms with Crippen LogP contribution in [0.25, 0.3) is 10.7 Å². The highest BCUT2D eigenvalue weighted by Gasteiger charge is 2.22. The van der Waals surface area contributed by atoms with Crippen LogP contribution in [-0.4, -0.2) is 44.3 Å². The van der Waals surface area contributed by atoms with Gasteiger partial charge in [-0.2, -0.15) is 5.10 Å². The average Bonchev–Trinajstić information content (AvgIpc) is 3.35. The minimum Gasteiger partial charge on any atom is -0.444 e. The number of ether oxygens (including phenoxy) is 1. The molecule has 8 nitrogen and oxygen atoms in total. The van der Waals surface area contributed by atoms with E-state index in [0.29, 0.717) is 22.8 Å². The van der Waals surface area contributed by atoms with Crippen LogP contribution in [-0.2, 0) is 16.1 Å². The lowest BCUT2D eigenvalue weighted by molar-refractivity contribution is -0.118. The molecule has 10 heteroatoms. The van der Waals surface area contributed by atoms with E-state index in [1.807, 2.05) is 56.5 Å². The van der Waals surface area contributed by atoms with Crippen LogP contribution < -0.4 is 5.32 Å². The Morgan fingerprint density at radius 2 is 2.06 bits per heavy atom. The van der Waals surface area contributed by atoms with Gasteiger partial charge < -0.3 is 15.0 Å². The second-order valence-electron chi connectivity index (χ2n) is 8.40. The maximum absolute atomic E-state index is 13.0. The minimum absolute atomic E-state index is 0.224. The fraction of sp³-hybridized carbons (Fsp3) is 0.364. The molecule has 3 rings (SSSR count). The molecule has 2 heterocycles. The summed E-state index contributed by atoms with van der Waals surface area (Å²) in [4.78, 5) is 27.6. The predicted molar refractivity (Wildman–Crippen MR) is 128 cm³/mol. The number of amides is 2. The normalized spacial score (nSPS) is 12.3. The molecule has 0 saturated heterocycles. The van der Waals surface area contributed by atoms with E-state index in [-0.39, 0.29) is 5.91 Å². The topological polar surface area (TPSA) is 92.2 Å². The number of thiophene rings is 1. The number of nitrogens with one attached hydrogen (secondary N) is 2. The van der Waals surface area contributed by atoms with E-state index < -0.39 is 17.7 Å². The molecule has 1 aromatic carbocycles. The molecule has 0 fully saturated rings. The number of benzene rings is 1. The highest BCUT2D eigenvalue weighted by molar-refractivity contribution is 7.71. The van der Waals surface area contributed by atoms with Crippen LogP contribution in [0.2, 0.25) is 0 Å². The van der Waals surface area contributed by atoms with Gasteiger partial charge in [0.15, 0.2) is 10.6 Å². The van der Waals surface area contributed by atoms with Crippen LogP contribution in [0, 0.1) is 4.77 Å². The van der Waals surface area contributed by atoms with Gasteiger partial charge in [-0.1, -0.05) is 18.2 Å². The zero-order chi connectivity index (χ0) is 23.5. The number of aromatic nitrogens is 3. The first-order valence-corrected chi connectivity index (χ1v) is 11.4. The summed E-state index contributed by atoms with van der Waals surface area (Å²) >= 11 is 6.88. The van der Waals surface area contributed by atoms with Crippen molar-refractivity contribution in [2.24, 2.45) is 0 Å². The molecule has 0 spiro atoms. The van der Waals surface area contributed by atoms with Gasteiger partial charge in [0.25, 0.3) is 0 Å². The number of aromatic amines is 1. The van der Waals surface area contributed by atoms with Gasteiger partial charge in [0.1, 0.15) is 11.6 Å². The smallest absolute Gasteiger partial charge is 0.410 e. The minimum atomic E-state index is -0.577. The molecule has 0 aliphatic rings. The molecule has 1 atom stereocenters. The Kier molecular flexibility index (Phi) is 7.15. The highest BCUT2D eigenvalue weighted by Crippen LogP contribution is 2.26. The molecule has 0 bridgehead atoms. The molecule has 0 radical (unpaired) electrons. The van der Waals surface area contributed by atoms with Crippen molar-refractivity contribution in [3.05, 3.63) is 52.1 Å². The van der Waals surface area contributed by atoms with Gasteiger partial charge in [0.05, 0.1) is 4.88 Å². The Balaban J connectivity index is 1.71. The van der Waals surface area contributed by atoms with Crippen molar-refractivity contribution in [1.82, 2.24) is 19.7 Å². The van der Waals surface area contributed by atoms with Gasteiger partial charge in [-0.15, -0.1) is 11.3 Å². The third-order valence-electron chi connectivity index (χ3n) is 4.53. The molecule has 2 amide bonds. The standard InChI is InChI=1S/C22H27N5O3S2/c1-14(27-18(24-25-20(27)31)17-10-7-11-32-17)19(28)23-16-9-6-8-15(12-16)13-26(5)21(29)30-22(2,3)4/h6-12,14H,13H2,1-5H3,(H,23,28)(H,25,31). The SMILES string of the molecule is CC(C(=O)Nc1cccc(CN(C)C(=O)OC(C)(C)C)c1)n1c(-c2cccs2)n[nH]c1=S. The summed E-state index contributed by atoms with van der Waals surface area (Å²) in [7, 11) is 1.67. The number of H-pyrrole nitrogens is 1. The predicted octanol–water partition coefficient (Wildman–Crippen LogP) is 5.24. The number of carbonyl (C=O) groups excluding carboxylic acids is 2. The molecular formula is C22H27N5O3S2. The lowest BCUT2D eigenvalue weighted by atomic mass is 10.2. The Labute approximate surface area is 196 Å². The summed E-state index contributed by atoms with van der Waals surface area (Å²) in [6.45, 7) is 7.60. The van der Waals surface area contributed by atoms with Crippen molar-refractivity contribution in [2.45, 2.75) is 45.9 Å². The number of nitrogens with zero attached hydrogens (tertiary/aromatic N) is 3. The third-order valence-corrected chi connectivity index (χ3v) is 5.69. The lowest BCUT2D eigenvalue weighted by Gasteiger charge is -2.24. The molecule has 0 aliphatic carbocycles. The summed E-state index contributed by atoms with van der Waals surface area (Å²) in [6, 6.07) is 10.6. The van der Waals surface area contributed by atoms with E-state index in [1.54, 1.807) is 24.6 Å². The largest absolute Gasteiger partial charge is 0.444 e. The van der Waals surface area contributed by atoms with Crippen molar-refractivity contribution >= 4 is 41.2 Å². The number of hydrogen-bond acceptors (Lipinski definition) is 6. The second kappa shape index (κ2) is 9.66. The molecule has 2 N–H and O–H groups in total. The molecule has 170 valence electrons. The van der Waals surface area contributed by atoms with Crippen LogP contribution in [0.5, 0.6) is 0 Å². The molecule has 1 unspecified atom stereocenters. The average molecular weight is 474 g/mol. The number of anilines is 1. The first kappa shape index (κ1) is 23.7. The van der Waals surface area contributed by atoms with E-state index in [2.05, 4.69) is 15.5 Å². The molecule has 2 aromatic heterocycles.